The Hall–Kier alpha value is -2.15. The van der Waals surface area contributed by atoms with E-state index in [0.717, 1.165) is 17.0 Å². The summed E-state index contributed by atoms with van der Waals surface area (Å²) in [6, 6.07) is 1.66. The molecule has 0 radical (unpaired) electrons. The van der Waals surface area contributed by atoms with Gasteiger partial charge in [-0.1, -0.05) is 0 Å². The van der Waals surface area contributed by atoms with Crippen molar-refractivity contribution in [1.82, 2.24) is 20.2 Å². The minimum atomic E-state index is -0.234. The van der Waals surface area contributed by atoms with Gasteiger partial charge >= 0.3 is 6.03 Å². The van der Waals surface area contributed by atoms with Crippen molar-refractivity contribution in [2.45, 2.75) is 26.9 Å². The second-order valence-corrected chi connectivity index (χ2v) is 5.66. The second kappa shape index (κ2) is 6.53. The van der Waals surface area contributed by atoms with E-state index in [9.17, 15) is 9.59 Å². The van der Waals surface area contributed by atoms with E-state index in [4.69, 9.17) is 0 Å². The highest BCUT2D eigenvalue weighted by Gasteiger charge is 2.12. The highest BCUT2D eigenvalue weighted by molar-refractivity contribution is 7.07. The fourth-order valence-corrected chi connectivity index (χ4v) is 2.58. The number of nitrogens with one attached hydrogen (secondary N) is 2. The average molecular weight is 306 g/mol. The molecule has 0 aromatic carbocycles. The largest absolute Gasteiger partial charge is 0.334 e. The lowest BCUT2D eigenvalue weighted by molar-refractivity contribution is 0.206. The molecule has 2 amide bonds. The molecule has 0 aliphatic heterocycles. The number of carbonyl (C=O) groups is 1. The van der Waals surface area contributed by atoms with Crippen LogP contribution in [0.3, 0.4) is 0 Å². The first-order valence-corrected chi connectivity index (χ1v) is 7.47. The van der Waals surface area contributed by atoms with Crippen LogP contribution in [-0.2, 0) is 13.1 Å². The van der Waals surface area contributed by atoms with Gasteiger partial charge < -0.3 is 15.2 Å². The Morgan fingerprint density at radius 1 is 1.48 bits per heavy atom. The van der Waals surface area contributed by atoms with Gasteiger partial charge in [0.1, 0.15) is 0 Å². The zero-order valence-corrected chi connectivity index (χ0v) is 13.1. The third-order valence-electron chi connectivity index (χ3n) is 3.14. The summed E-state index contributed by atoms with van der Waals surface area (Å²) in [6.45, 7) is 4.35. The first-order chi connectivity index (χ1) is 9.97. The first kappa shape index (κ1) is 15.2. The molecule has 0 saturated heterocycles. The molecule has 7 heteroatoms. The fourth-order valence-electron chi connectivity index (χ4n) is 2.03. The number of H-pyrrole nitrogens is 1. The number of aromatic amines is 1. The van der Waals surface area contributed by atoms with Gasteiger partial charge in [0, 0.05) is 23.7 Å². The van der Waals surface area contributed by atoms with Crippen molar-refractivity contribution in [3.05, 3.63) is 49.8 Å². The molecule has 0 atom stereocenters. The highest BCUT2D eigenvalue weighted by atomic mass is 32.1. The summed E-state index contributed by atoms with van der Waals surface area (Å²) < 4.78 is 0. The minimum Gasteiger partial charge on any atom is -0.334 e. The number of carbonyl (C=O) groups excluding carboxylic acids is 1. The molecule has 0 bridgehead atoms. The predicted molar refractivity (Wildman–Crippen MR) is 82.4 cm³/mol. The van der Waals surface area contributed by atoms with Gasteiger partial charge in [-0.3, -0.25) is 4.79 Å². The van der Waals surface area contributed by atoms with Gasteiger partial charge in [0.15, 0.2) is 0 Å². The van der Waals surface area contributed by atoms with Crippen molar-refractivity contribution in [2.24, 2.45) is 0 Å². The van der Waals surface area contributed by atoms with Crippen LogP contribution in [0.2, 0.25) is 0 Å². The van der Waals surface area contributed by atoms with E-state index in [-0.39, 0.29) is 18.1 Å². The number of rotatable bonds is 4. The molecule has 112 valence electrons. The Balaban J connectivity index is 1.96. The summed E-state index contributed by atoms with van der Waals surface area (Å²) >= 11 is 1.49. The molecule has 21 heavy (non-hydrogen) atoms. The number of pyridine rings is 1. The van der Waals surface area contributed by atoms with E-state index in [1.165, 1.54) is 16.2 Å². The topological polar surface area (TPSA) is 78.1 Å². The van der Waals surface area contributed by atoms with E-state index in [0.29, 0.717) is 12.1 Å². The zero-order chi connectivity index (χ0) is 15.4. The normalized spacial score (nSPS) is 10.4. The molecule has 0 unspecified atom stereocenters. The Morgan fingerprint density at radius 3 is 2.86 bits per heavy atom. The molecule has 0 aliphatic carbocycles. The summed E-state index contributed by atoms with van der Waals surface area (Å²) in [5.41, 5.74) is 4.69. The molecular weight excluding hydrogens is 288 g/mol. The average Bonchev–Trinajstić information content (AvgIpc) is 2.89. The van der Waals surface area contributed by atoms with Crippen LogP contribution in [0, 0.1) is 13.8 Å². The van der Waals surface area contributed by atoms with Gasteiger partial charge in [-0.05, 0) is 25.5 Å². The van der Waals surface area contributed by atoms with Crippen LogP contribution in [0.25, 0.3) is 0 Å². The van der Waals surface area contributed by atoms with Gasteiger partial charge in [-0.2, -0.15) is 0 Å². The summed E-state index contributed by atoms with van der Waals surface area (Å²) in [4.78, 5) is 32.3. The number of nitrogens with zero attached hydrogens (tertiary/aromatic N) is 2. The standard InChI is InChI=1S/C14H18N4O2S/c1-9-4-10(2)17-13(19)12(9)5-15-14(20)18(3)6-11-7-21-8-16-11/h4,7-8H,5-6H2,1-3H3,(H,15,20)(H,17,19). The van der Waals surface area contributed by atoms with Gasteiger partial charge in [-0.25, -0.2) is 9.78 Å². The lowest BCUT2D eigenvalue weighted by Crippen LogP contribution is -2.37. The first-order valence-electron chi connectivity index (χ1n) is 6.53. The number of thiazole rings is 1. The molecule has 2 aromatic rings. The molecule has 0 spiro atoms. The number of aromatic nitrogens is 2. The van der Waals surface area contributed by atoms with E-state index in [2.05, 4.69) is 15.3 Å². The summed E-state index contributed by atoms with van der Waals surface area (Å²) in [6.07, 6.45) is 0. The number of hydrogen-bond acceptors (Lipinski definition) is 4. The number of urea groups is 1. The van der Waals surface area contributed by atoms with Crippen molar-refractivity contribution in [2.75, 3.05) is 7.05 Å². The highest BCUT2D eigenvalue weighted by Crippen LogP contribution is 2.05. The Bertz CT molecular complexity index is 679. The smallest absolute Gasteiger partial charge is 0.317 e. The SMILES string of the molecule is Cc1cc(C)c(CNC(=O)N(C)Cc2cscn2)c(=O)[nH]1. The minimum absolute atomic E-state index is 0.157. The summed E-state index contributed by atoms with van der Waals surface area (Å²) in [5, 5.41) is 4.66. The Morgan fingerprint density at radius 2 is 2.24 bits per heavy atom. The number of amides is 2. The van der Waals surface area contributed by atoms with Crippen molar-refractivity contribution in [3.8, 4) is 0 Å². The lowest BCUT2D eigenvalue weighted by atomic mass is 10.1. The maximum atomic E-state index is 12.0. The van der Waals surface area contributed by atoms with Crippen molar-refractivity contribution in [3.63, 3.8) is 0 Å². The van der Waals surface area contributed by atoms with Crippen LogP contribution in [-0.4, -0.2) is 27.9 Å². The van der Waals surface area contributed by atoms with Gasteiger partial charge in [-0.15, -0.1) is 11.3 Å². The summed E-state index contributed by atoms with van der Waals surface area (Å²) in [7, 11) is 1.70. The van der Waals surface area contributed by atoms with Crippen LogP contribution < -0.4 is 10.9 Å². The molecule has 2 N–H and O–H groups in total. The monoisotopic (exact) mass is 306 g/mol. The van der Waals surface area contributed by atoms with E-state index < -0.39 is 0 Å². The van der Waals surface area contributed by atoms with E-state index in [1.807, 2.05) is 25.3 Å². The van der Waals surface area contributed by atoms with Gasteiger partial charge in [0.05, 0.1) is 24.3 Å². The molecular formula is C14H18N4O2S. The maximum Gasteiger partial charge on any atom is 0.317 e. The van der Waals surface area contributed by atoms with E-state index >= 15 is 0 Å². The van der Waals surface area contributed by atoms with E-state index in [1.54, 1.807) is 12.6 Å². The molecule has 0 aliphatic rings. The Kier molecular flexibility index (Phi) is 4.74. The molecule has 0 saturated carbocycles. The Labute approximate surface area is 126 Å². The molecule has 2 heterocycles. The second-order valence-electron chi connectivity index (χ2n) is 4.94. The van der Waals surface area contributed by atoms with Crippen molar-refractivity contribution >= 4 is 17.4 Å². The van der Waals surface area contributed by atoms with Crippen LogP contribution in [0.4, 0.5) is 4.79 Å². The number of hydrogen-bond donors (Lipinski definition) is 2. The molecule has 2 rings (SSSR count). The quantitative estimate of drug-likeness (QED) is 0.904. The lowest BCUT2D eigenvalue weighted by Gasteiger charge is -2.17. The third-order valence-corrected chi connectivity index (χ3v) is 3.77. The van der Waals surface area contributed by atoms with Crippen molar-refractivity contribution < 1.29 is 4.79 Å². The zero-order valence-electron chi connectivity index (χ0n) is 12.3. The van der Waals surface area contributed by atoms with Gasteiger partial charge in [0.25, 0.3) is 5.56 Å². The molecule has 0 fully saturated rings. The van der Waals surface area contributed by atoms with Gasteiger partial charge in [0.2, 0.25) is 0 Å². The van der Waals surface area contributed by atoms with Crippen LogP contribution in [0.1, 0.15) is 22.5 Å². The molecule has 2 aromatic heterocycles. The fraction of sp³-hybridized carbons (Fsp3) is 0.357. The predicted octanol–water partition coefficient (Wildman–Crippen LogP) is 1.79. The van der Waals surface area contributed by atoms with Crippen LogP contribution >= 0.6 is 11.3 Å². The summed E-state index contributed by atoms with van der Waals surface area (Å²) in [5.74, 6) is 0. The maximum absolute atomic E-state index is 12.0. The molecule has 6 nitrogen and oxygen atoms in total. The third kappa shape index (κ3) is 3.91. The van der Waals surface area contributed by atoms with Crippen LogP contribution in [0.5, 0.6) is 0 Å². The van der Waals surface area contributed by atoms with Crippen LogP contribution in [0.15, 0.2) is 21.8 Å². The van der Waals surface area contributed by atoms with Crippen molar-refractivity contribution in [1.29, 1.82) is 0 Å². The number of aryl methyl sites for hydroxylation is 2.